The highest BCUT2D eigenvalue weighted by molar-refractivity contribution is 5.20. The van der Waals surface area contributed by atoms with Gasteiger partial charge in [0.25, 0.3) is 0 Å². The van der Waals surface area contributed by atoms with E-state index in [1.54, 1.807) is 0 Å². The molecule has 1 atom stereocenters. The van der Waals surface area contributed by atoms with Crippen molar-refractivity contribution in [3.63, 3.8) is 0 Å². The number of para-hydroxylation sites is 1. The second kappa shape index (κ2) is 6.95. The summed E-state index contributed by atoms with van der Waals surface area (Å²) >= 11 is 0. The van der Waals surface area contributed by atoms with E-state index in [1.807, 2.05) is 30.3 Å². The molecular formula is C17H27NO. The minimum atomic E-state index is 0.539. The average Bonchev–Trinajstić information content (AvgIpc) is 2.57. The Morgan fingerprint density at radius 3 is 2.74 bits per heavy atom. The van der Waals surface area contributed by atoms with Crippen LogP contribution in [0.2, 0.25) is 0 Å². The predicted molar refractivity (Wildman–Crippen MR) is 80.6 cm³/mol. The SMILES string of the molecule is CC1(C)CCCC(NCCOc2ccccc2)CC1. The molecule has 1 aromatic carbocycles. The standard InChI is InChI=1S/C17H27NO/c1-17(2)11-6-7-15(10-12-17)18-13-14-19-16-8-4-3-5-9-16/h3-5,8-9,15,18H,6-7,10-14H2,1-2H3. The van der Waals surface area contributed by atoms with E-state index < -0.39 is 0 Å². The van der Waals surface area contributed by atoms with Gasteiger partial charge in [0.05, 0.1) is 0 Å². The maximum atomic E-state index is 5.71. The molecule has 1 aromatic rings. The van der Waals surface area contributed by atoms with Crippen LogP contribution in [0.1, 0.15) is 46.0 Å². The van der Waals surface area contributed by atoms with E-state index in [-0.39, 0.29) is 0 Å². The van der Waals surface area contributed by atoms with Crippen LogP contribution in [-0.2, 0) is 0 Å². The highest BCUT2D eigenvalue weighted by Crippen LogP contribution is 2.33. The van der Waals surface area contributed by atoms with Crippen molar-refractivity contribution in [2.45, 2.75) is 52.0 Å². The van der Waals surface area contributed by atoms with Crippen LogP contribution in [0.25, 0.3) is 0 Å². The Hall–Kier alpha value is -1.02. The molecule has 1 saturated carbocycles. The van der Waals surface area contributed by atoms with Crippen LogP contribution in [0.5, 0.6) is 5.75 Å². The maximum Gasteiger partial charge on any atom is 0.119 e. The fraction of sp³-hybridized carbons (Fsp3) is 0.647. The molecule has 1 aliphatic rings. The largest absolute Gasteiger partial charge is 0.492 e. The summed E-state index contributed by atoms with van der Waals surface area (Å²) in [7, 11) is 0. The highest BCUT2D eigenvalue weighted by atomic mass is 16.5. The van der Waals surface area contributed by atoms with E-state index in [4.69, 9.17) is 4.74 Å². The van der Waals surface area contributed by atoms with Crippen LogP contribution in [0.4, 0.5) is 0 Å². The number of nitrogens with one attached hydrogen (secondary N) is 1. The maximum absolute atomic E-state index is 5.71. The third kappa shape index (κ3) is 5.23. The van der Waals surface area contributed by atoms with Crippen LogP contribution in [0.15, 0.2) is 30.3 Å². The zero-order valence-corrected chi connectivity index (χ0v) is 12.3. The van der Waals surface area contributed by atoms with Gasteiger partial charge in [-0.25, -0.2) is 0 Å². The van der Waals surface area contributed by atoms with Crippen LogP contribution >= 0.6 is 0 Å². The van der Waals surface area contributed by atoms with Crippen molar-refractivity contribution in [2.75, 3.05) is 13.2 Å². The molecule has 0 saturated heterocycles. The molecule has 19 heavy (non-hydrogen) atoms. The minimum absolute atomic E-state index is 0.539. The molecule has 106 valence electrons. The first-order valence-electron chi connectivity index (χ1n) is 7.57. The molecule has 0 bridgehead atoms. The van der Waals surface area contributed by atoms with Gasteiger partial charge in [0.2, 0.25) is 0 Å². The topological polar surface area (TPSA) is 21.3 Å². The summed E-state index contributed by atoms with van der Waals surface area (Å²) in [6.07, 6.45) is 6.67. The molecule has 0 spiro atoms. The van der Waals surface area contributed by atoms with Gasteiger partial charge in [0.15, 0.2) is 0 Å². The number of hydrogen-bond donors (Lipinski definition) is 1. The average molecular weight is 261 g/mol. The van der Waals surface area contributed by atoms with Crippen LogP contribution in [-0.4, -0.2) is 19.2 Å². The quantitative estimate of drug-likeness (QED) is 0.638. The molecule has 0 amide bonds. The van der Waals surface area contributed by atoms with E-state index in [0.29, 0.717) is 11.5 Å². The molecule has 2 rings (SSSR count). The van der Waals surface area contributed by atoms with Gasteiger partial charge in [-0.15, -0.1) is 0 Å². The van der Waals surface area contributed by atoms with Crippen molar-refractivity contribution in [1.29, 1.82) is 0 Å². The Balaban J connectivity index is 1.63. The first kappa shape index (κ1) is 14.4. The second-order valence-corrected chi connectivity index (χ2v) is 6.41. The van der Waals surface area contributed by atoms with E-state index in [0.717, 1.165) is 18.9 Å². The molecule has 1 aliphatic carbocycles. The Morgan fingerprint density at radius 1 is 1.16 bits per heavy atom. The van der Waals surface area contributed by atoms with Crippen molar-refractivity contribution in [3.05, 3.63) is 30.3 Å². The Kier molecular flexibility index (Phi) is 5.26. The Bertz CT molecular complexity index is 361. The van der Waals surface area contributed by atoms with Gasteiger partial charge in [-0.05, 0) is 43.2 Å². The zero-order valence-electron chi connectivity index (χ0n) is 12.3. The third-order valence-corrected chi connectivity index (χ3v) is 4.12. The first-order valence-corrected chi connectivity index (χ1v) is 7.57. The fourth-order valence-electron chi connectivity index (χ4n) is 2.81. The summed E-state index contributed by atoms with van der Waals surface area (Å²) < 4.78 is 5.71. The zero-order chi connectivity index (χ0) is 13.6. The van der Waals surface area contributed by atoms with Gasteiger partial charge in [0.1, 0.15) is 12.4 Å². The van der Waals surface area contributed by atoms with Gasteiger partial charge in [-0.1, -0.05) is 38.5 Å². The molecule has 2 nitrogen and oxygen atoms in total. The highest BCUT2D eigenvalue weighted by Gasteiger charge is 2.23. The lowest BCUT2D eigenvalue weighted by Crippen LogP contribution is -2.32. The molecular weight excluding hydrogens is 234 g/mol. The van der Waals surface area contributed by atoms with Crippen molar-refractivity contribution in [2.24, 2.45) is 5.41 Å². The lowest BCUT2D eigenvalue weighted by Gasteiger charge is -2.22. The molecule has 2 heteroatoms. The lowest BCUT2D eigenvalue weighted by atomic mass is 9.85. The van der Waals surface area contributed by atoms with Crippen molar-refractivity contribution >= 4 is 0 Å². The summed E-state index contributed by atoms with van der Waals surface area (Å²) in [6, 6.07) is 10.7. The van der Waals surface area contributed by atoms with Gasteiger partial charge >= 0.3 is 0 Å². The number of rotatable bonds is 5. The number of hydrogen-bond acceptors (Lipinski definition) is 2. The summed E-state index contributed by atoms with van der Waals surface area (Å²) in [4.78, 5) is 0. The van der Waals surface area contributed by atoms with E-state index in [2.05, 4.69) is 19.2 Å². The lowest BCUT2D eigenvalue weighted by molar-refractivity contribution is 0.292. The third-order valence-electron chi connectivity index (χ3n) is 4.12. The molecule has 0 aliphatic heterocycles. The van der Waals surface area contributed by atoms with Crippen molar-refractivity contribution < 1.29 is 4.74 Å². The molecule has 1 N–H and O–H groups in total. The van der Waals surface area contributed by atoms with Gasteiger partial charge in [0, 0.05) is 12.6 Å². The monoisotopic (exact) mass is 261 g/mol. The van der Waals surface area contributed by atoms with Crippen LogP contribution < -0.4 is 10.1 Å². The summed E-state index contributed by atoms with van der Waals surface area (Å²) in [6.45, 7) is 6.49. The van der Waals surface area contributed by atoms with Gasteiger partial charge in [-0.3, -0.25) is 0 Å². The van der Waals surface area contributed by atoms with Crippen molar-refractivity contribution in [1.82, 2.24) is 5.32 Å². The molecule has 1 fully saturated rings. The summed E-state index contributed by atoms with van der Waals surface area (Å²) in [5.41, 5.74) is 0.539. The van der Waals surface area contributed by atoms with Gasteiger partial charge in [-0.2, -0.15) is 0 Å². The van der Waals surface area contributed by atoms with E-state index in [9.17, 15) is 0 Å². The molecule has 0 heterocycles. The number of benzene rings is 1. The summed E-state index contributed by atoms with van der Waals surface area (Å²) in [5, 5.41) is 3.64. The Labute approximate surface area is 117 Å². The van der Waals surface area contributed by atoms with E-state index >= 15 is 0 Å². The Morgan fingerprint density at radius 2 is 1.95 bits per heavy atom. The van der Waals surface area contributed by atoms with E-state index in [1.165, 1.54) is 32.1 Å². The fourth-order valence-corrected chi connectivity index (χ4v) is 2.81. The van der Waals surface area contributed by atoms with Crippen LogP contribution in [0.3, 0.4) is 0 Å². The molecule has 0 radical (unpaired) electrons. The van der Waals surface area contributed by atoms with Crippen molar-refractivity contribution in [3.8, 4) is 5.75 Å². The first-order chi connectivity index (χ1) is 9.16. The smallest absolute Gasteiger partial charge is 0.119 e. The van der Waals surface area contributed by atoms with Crippen LogP contribution in [0, 0.1) is 5.41 Å². The predicted octanol–water partition coefficient (Wildman–Crippen LogP) is 4.01. The van der Waals surface area contributed by atoms with Gasteiger partial charge < -0.3 is 10.1 Å². The summed E-state index contributed by atoms with van der Waals surface area (Å²) in [5.74, 6) is 0.964. The second-order valence-electron chi connectivity index (χ2n) is 6.41. The normalized spacial score (nSPS) is 22.7. The molecule has 1 unspecified atom stereocenters. The minimum Gasteiger partial charge on any atom is -0.492 e. The molecule has 0 aromatic heterocycles. The number of ether oxygens (including phenoxy) is 1.